The molecule has 3 saturated heterocycles. The Hall–Kier alpha value is -1.56. The van der Waals surface area contributed by atoms with Gasteiger partial charge in [-0.25, -0.2) is 4.79 Å². The molecule has 4 heterocycles. The van der Waals surface area contributed by atoms with Crippen LogP contribution in [0, 0.1) is 17.8 Å². The van der Waals surface area contributed by atoms with Crippen LogP contribution in [0.2, 0.25) is 0 Å². The highest BCUT2D eigenvalue weighted by Crippen LogP contribution is 2.80. The molecule has 0 unspecified atom stereocenters. The van der Waals surface area contributed by atoms with Crippen molar-refractivity contribution < 1.29 is 43.5 Å². The fourth-order valence-electron chi connectivity index (χ4n) is 8.29. The predicted octanol–water partition coefficient (Wildman–Crippen LogP) is -0.449. The fraction of sp³-hybridized carbons (Fsp3) is 0.840. The molecule has 2 N–H and O–H groups in total. The van der Waals surface area contributed by atoms with E-state index in [-0.39, 0.29) is 74.9 Å². The van der Waals surface area contributed by atoms with E-state index >= 15 is 0 Å². The lowest BCUT2D eigenvalue weighted by atomic mass is 9.53. The lowest BCUT2D eigenvalue weighted by molar-refractivity contribution is -0.167. The Morgan fingerprint density at radius 1 is 1.14 bits per heavy atom. The second kappa shape index (κ2) is 7.26. The van der Waals surface area contributed by atoms with Gasteiger partial charge in [0.25, 0.3) is 0 Å². The summed E-state index contributed by atoms with van der Waals surface area (Å²) in [5, 5.41) is 18.7. The van der Waals surface area contributed by atoms with E-state index in [1.54, 1.807) is 4.90 Å². The summed E-state index contributed by atoms with van der Waals surface area (Å²) in [4.78, 5) is 27.1. The first-order chi connectivity index (χ1) is 16.8. The number of hydrogen-bond donors (Lipinski definition) is 2. The van der Waals surface area contributed by atoms with Crippen LogP contribution in [0.4, 0.5) is 0 Å². The van der Waals surface area contributed by atoms with Gasteiger partial charge in [-0.2, -0.15) is 0 Å². The highest BCUT2D eigenvalue weighted by Gasteiger charge is 2.99. The first kappa shape index (κ1) is 22.6. The Kier molecular flexibility index (Phi) is 4.70. The number of nitrogens with zero attached hydrogens (tertiary/aromatic N) is 1. The highest BCUT2D eigenvalue weighted by atomic mass is 16.8. The second-order valence-corrected chi connectivity index (χ2v) is 11.4. The van der Waals surface area contributed by atoms with E-state index in [0.717, 1.165) is 24.0 Å². The number of epoxide rings is 3. The molecule has 192 valence electrons. The van der Waals surface area contributed by atoms with Crippen LogP contribution in [-0.4, -0.2) is 108 Å². The van der Waals surface area contributed by atoms with Gasteiger partial charge in [0.05, 0.1) is 25.9 Å². The zero-order valence-corrected chi connectivity index (χ0v) is 20.1. The van der Waals surface area contributed by atoms with Crippen LogP contribution in [0.3, 0.4) is 0 Å². The molecule has 7 aliphatic rings. The molecule has 0 radical (unpaired) electrons. The van der Waals surface area contributed by atoms with Gasteiger partial charge in [-0.15, -0.1) is 0 Å². The molecule has 0 amide bonds. The Labute approximate surface area is 203 Å². The Morgan fingerprint density at radius 2 is 1.91 bits per heavy atom. The Bertz CT molecular complexity index is 1010. The van der Waals surface area contributed by atoms with Crippen molar-refractivity contribution in [1.29, 1.82) is 0 Å². The maximum Gasteiger partial charge on any atom is 0.334 e. The summed E-state index contributed by atoms with van der Waals surface area (Å²) in [5.74, 6) is -0.183. The summed E-state index contributed by atoms with van der Waals surface area (Å²) in [6.45, 7) is 4.81. The van der Waals surface area contributed by atoms with Gasteiger partial charge in [-0.1, -0.05) is 13.8 Å². The standard InChI is InChI=1S/C25H33NO9/c1-12(2)23-19(34-23)20-24(35-20)16-4-3-13-15(11-31-21(13)30)14(16)9-17-25(24,33-17)22(23)32-18(29)10-26(5-7-27)6-8-28/h12,14,16-17,19-20,22,27-28H,3-11H2,1-2H3/t14-,16-,17-,19-,20-,22+,23-,24-,25+/m0/s1. The number of fused-ring (bicyclic) bond motifs is 4. The number of ether oxygens (including phenoxy) is 5. The number of esters is 2. The summed E-state index contributed by atoms with van der Waals surface area (Å²) >= 11 is 0. The molecule has 10 heteroatoms. The van der Waals surface area contributed by atoms with Crippen LogP contribution in [-0.2, 0) is 33.3 Å². The van der Waals surface area contributed by atoms with E-state index in [1.165, 1.54) is 0 Å². The molecule has 2 saturated carbocycles. The molecule has 0 aromatic heterocycles. The van der Waals surface area contributed by atoms with E-state index in [1.807, 2.05) is 0 Å². The van der Waals surface area contributed by atoms with Crippen molar-refractivity contribution >= 4 is 11.9 Å². The summed E-state index contributed by atoms with van der Waals surface area (Å²) in [5.41, 5.74) is -0.0314. The molecular weight excluding hydrogens is 458 g/mol. The van der Waals surface area contributed by atoms with Crippen molar-refractivity contribution in [3.05, 3.63) is 11.1 Å². The van der Waals surface area contributed by atoms with Crippen molar-refractivity contribution in [2.45, 2.75) is 74.3 Å². The molecule has 3 aliphatic carbocycles. The van der Waals surface area contributed by atoms with Crippen LogP contribution in [0.25, 0.3) is 0 Å². The summed E-state index contributed by atoms with van der Waals surface area (Å²) in [7, 11) is 0. The average molecular weight is 492 g/mol. The van der Waals surface area contributed by atoms with Crippen LogP contribution in [0.1, 0.15) is 33.1 Å². The van der Waals surface area contributed by atoms with Crippen LogP contribution >= 0.6 is 0 Å². The van der Waals surface area contributed by atoms with Crippen LogP contribution < -0.4 is 0 Å². The minimum Gasteiger partial charge on any atom is -0.458 e. The third kappa shape index (κ3) is 2.65. The first-order valence-electron chi connectivity index (χ1n) is 12.9. The molecule has 10 nitrogen and oxygen atoms in total. The van der Waals surface area contributed by atoms with Gasteiger partial charge in [-0.05, 0) is 36.7 Å². The van der Waals surface area contributed by atoms with Crippen LogP contribution in [0.15, 0.2) is 11.1 Å². The Balaban J connectivity index is 1.21. The quantitative estimate of drug-likeness (QED) is 0.340. The lowest BCUT2D eigenvalue weighted by Gasteiger charge is -2.47. The van der Waals surface area contributed by atoms with Gasteiger partial charge < -0.3 is 33.9 Å². The molecule has 7 rings (SSSR count). The van der Waals surface area contributed by atoms with E-state index in [9.17, 15) is 19.8 Å². The fourth-order valence-corrected chi connectivity index (χ4v) is 8.29. The molecular formula is C25H33NO9. The first-order valence-corrected chi connectivity index (χ1v) is 12.9. The topological polar surface area (TPSA) is 134 Å². The van der Waals surface area contributed by atoms with E-state index < -0.39 is 28.9 Å². The molecule has 0 bridgehead atoms. The monoisotopic (exact) mass is 491 g/mol. The number of aliphatic hydroxyl groups is 2. The molecule has 0 aromatic rings. The zero-order valence-electron chi connectivity index (χ0n) is 20.1. The normalized spacial score (nSPS) is 47.8. The minimum atomic E-state index is -0.744. The predicted molar refractivity (Wildman–Crippen MR) is 117 cm³/mol. The summed E-state index contributed by atoms with van der Waals surface area (Å²) < 4.78 is 31.2. The lowest BCUT2D eigenvalue weighted by Crippen LogP contribution is -2.67. The maximum absolute atomic E-state index is 13.2. The number of carbonyl (C=O) groups is 2. The van der Waals surface area contributed by atoms with E-state index in [4.69, 9.17) is 23.7 Å². The molecule has 0 aromatic carbocycles. The summed E-state index contributed by atoms with van der Waals surface area (Å²) in [6.07, 6.45) is 1.26. The third-order valence-electron chi connectivity index (χ3n) is 9.84. The summed E-state index contributed by atoms with van der Waals surface area (Å²) in [6, 6.07) is 0. The van der Waals surface area contributed by atoms with Gasteiger partial charge in [0.1, 0.15) is 30.0 Å². The zero-order chi connectivity index (χ0) is 24.3. The van der Waals surface area contributed by atoms with Gasteiger partial charge in [0.2, 0.25) is 0 Å². The number of hydrogen-bond acceptors (Lipinski definition) is 10. The van der Waals surface area contributed by atoms with E-state index in [0.29, 0.717) is 13.0 Å². The van der Waals surface area contributed by atoms with Crippen molar-refractivity contribution in [1.82, 2.24) is 4.90 Å². The maximum atomic E-state index is 13.2. The molecule has 2 spiro atoms. The van der Waals surface area contributed by atoms with Gasteiger partial charge in [0.15, 0.2) is 11.7 Å². The van der Waals surface area contributed by atoms with Gasteiger partial charge in [0, 0.05) is 24.6 Å². The SMILES string of the molecule is CC(C)[C@]12O[C@H]1[C@@H]1O[C@@]13[C@H]1CCC4=C(COC4=O)[C@@H]1C[C@@H]1O[C@@]13[C@@H]2OC(=O)CN(CCO)CCO. The van der Waals surface area contributed by atoms with Crippen molar-refractivity contribution in [2.24, 2.45) is 17.8 Å². The van der Waals surface area contributed by atoms with E-state index in [2.05, 4.69) is 13.8 Å². The number of cyclic esters (lactones) is 1. The third-order valence-corrected chi connectivity index (χ3v) is 9.84. The smallest absolute Gasteiger partial charge is 0.334 e. The van der Waals surface area contributed by atoms with Gasteiger partial charge in [-0.3, -0.25) is 9.69 Å². The molecule has 4 aliphatic heterocycles. The molecule has 35 heavy (non-hydrogen) atoms. The second-order valence-electron chi connectivity index (χ2n) is 11.4. The number of aliphatic hydroxyl groups excluding tert-OH is 2. The van der Waals surface area contributed by atoms with Gasteiger partial charge >= 0.3 is 11.9 Å². The van der Waals surface area contributed by atoms with Crippen molar-refractivity contribution in [3.8, 4) is 0 Å². The molecule has 5 fully saturated rings. The van der Waals surface area contributed by atoms with Crippen LogP contribution in [0.5, 0.6) is 0 Å². The van der Waals surface area contributed by atoms with Crippen molar-refractivity contribution in [2.75, 3.05) is 39.5 Å². The average Bonchev–Trinajstić information content (AvgIpc) is 3.73. The number of carbonyl (C=O) groups excluding carboxylic acids is 2. The largest absolute Gasteiger partial charge is 0.458 e. The number of rotatable bonds is 8. The van der Waals surface area contributed by atoms with Crippen molar-refractivity contribution in [3.63, 3.8) is 0 Å². The highest BCUT2D eigenvalue weighted by molar-refractivity contribution is 5.92. The minimum absolute atomic E-state index is 0.0315. The Morgan fingerprint density at radius 3 is 2.63 bits per heavy atom. The molecule has 9 atom stereocenters.